The van der Waals surface area contributed by atoms with Gasteiger partial charge in [0.2, 0.25) is 6.41 Å². The van der Waals surface area contributed by atoms with Gasteiger partial charge in [-0.1, -0.05) is 12.1 Å². The molecule has 0 radical (unpaired) electrons. The summed E-state index contributed by atoms with van der Waals surface area (Å²) >= 11 is 0. The first-order valence-corrected chi connectivity index (χ1v) is 5.57. The molecule has 0 spiro atoms. The molecular weight excluding hydrogens is 202 g/mol. The Bertz CT molecular complexity index is 342. The van der Waals surface area contributed by atoms with Gasteiger partial charge in [-0.2, -0.15) is 0 Å². The van der Waals surface area contributed by atoms with Gasteiger partial charge in [0.15, 0.2) is 0 Å². The summed E-state index contributed by atoms with van der Waals surface area (Å²) in [5.41, 5.74) is 7.91. The second kappa shape index (κ2) is 4.99. The van der Waals surface area contributed by atoms with Crippen molar-refractivity contribution in [2.45, 2.75) is 6.54 Å². The summed E-state index contributed by atoms with van der Waals surface area (Å²) in [5.74, 6) is 0. The first kappa shape index (κ1) is 11.0. The quantitative estimate of drug-likeness (QED) is 0.750. The Balaban J connectivity index is 1.99. The first-order valence-electron chi connectivity index (χ1n) is 5.57. The predicted octanol–water partition coefficient (Wildman–Crippen LogP) is 0.424. The lowest BCUT2D eigenvalue weighted by molar-refractivity contribution is -0.118. The first-order chi connectivity index (χ1) is 7.83. The molecule has 0 unspecified atom stereocenters. The summed E-state index contributed by atoms with van der Waals surface area (Å²) in [6.45, 7) is 4.00. The maximum absolute atomic E-state index is 10.6. The van der Waals surface area contributed by atoms with Gasteiger partial charge in [0.25, 0.3) is 0 Å². The van der Waals surface area contributed by atoms with E-state index in [0.29, 0.717) is 6.54 Å². The minimum Gasteiger partial charge on any atom is -0.368 e. The third-order valence-electron chi connectivity index (χ3n) is 3.00. The maximum atomic E-state index is 10.6. The van der Waals surface area contributed by atoms with Crippen molar-refractivity contribution in [1.82, 2.24) is 4.90 Å². The highest BCUT2D eigenvalue weighted by Crippen LogP contribution is 2.16. The number of piperazine rings is 1. The molecule has 2 N–H and O–H groups in total. The number of hydrogen-bond acceptors (Lipinski definition) is 3. The van der Waals surface area contributed by atoms with Gasteiger partial charge >= 0.3 is 0 Å². The van der Waals surface area contributed by atoms with E-state index in [-0.39, 0.29) is 0 Å². The number of carbonyl (C=O) groups is 1. The van der Waals surface area contributed by atoms with Crippen molar-refractivity contribution < 1.29 is 4.79 Å². The van der Waals surface area contributed by atoms with E-state index < -0.39 is 0 Å². The lowest BCUT2D eigenvalue weighted by Crippen LogP contribution is -2.45. The Morgan fingerprint density at radius 1 is 1.12 bits per heavy atom. The molecule has 16 heavy (non-hydrogen) atoms. The molecule has 0 aromatic heterocycles. The number of carbonyl (C=O) groups excluding carboxylic acids is 1. The van der Waals surface area contributed by atoms with Crippen LogP contribution >= 0.6 is 0 Å². The number of nitrogens with zero attached hydrogens (tertiary/aromatic N) is 2. The minimum absolute atomic E-state index is 0.583. The third kappa shape index (κ3) is 2.33. The third-order valence-corrected chi connectivity index (χ3v) is 3.00. The molecule has 0 bridgehead atoms. The van der Waals surface area contributed by atoms with Crippen molar-refractivity contribution in [2.75, 3.05) is 31.1 Å². The van der Waals surface area contributed by atoms with Gasteiger partial charge in [0.05, 0.1) is 0 Å². The fourth-order valence-electron chi connectivity index (χ4n) is 1.93. The average Bonchev–Trinajstić information content (AvgIpc) is 2.39. The lowest BCUT2D eigenvalue weighted by Gasteiger charge is -2.34. The van der Waals surface area contributed by atoms with E-state index in [9.17, 15) is 4.79 Å². The summed E-state index contributed by atoms with van der Waals surface area (Å²) in [7, 11) is 0. The molecule has 4 nitrogen and oxygen atoms in total. The molecule has 1 aromatic rings. The number of rotatable bonds is 3. The zero-order chi connectivity index (χ0) is 11.4. The van der Waals surface area contributed by atoms with Crippen molar-refractivity contribution in [3.63, 3.8) is 0 Å². The molecule has 0 aliphatic carbocycles. The Kier molecular flexibility index (Phi) is 3.41. The van der Waals surface area contributed by atoms with Crippen molar-refractivity contribution in [1.29, 1.82) is 0 Å². The molecule has 1 aromatic carbocycles. The van der Waals surface area contributed by atoms with Crippen LogP contribution in [0.3, 0.4) is 0 Å². The molecule has 1 aliphatic heterocycles. The molecule has 4 heteroatoms. The Morgan fingerprint density at radius 2 is 1.75 bits per heavy atom. The van der Waals surface area contributed by atoms with E-state index in [1.807, 2.05) is 4.90 Å². The standard InChI is InChI=1S/C12H17N3O/c13-9-11-1-3-12(4-2-11)15-7-5-14(10-16)6-8-15/h1-4,10H,5-9,13H2. The molecular formula is C12H17N3O. The van der Waals surface area contributed by atoms with E-state index in [4.69, 9.17) is 5.73 Å². The van der Waals surface area contributed by atoms with Gasteiger partial charge in [-0.05, 0) is 17.7 Å². The Labute approximate surface area is 95.6 Å². The number of anilines is 1. The van der Waals surface area contributed by atoms with Crippen LogP contribution in [0.2, 0.25) is 0 Å². The minimum atomic E-state index is 0.583. The molecule has 0 saturated carbocycles. The van der Waals surface area contributed by atoms with E-state index in [1.54, 1.807) is 0 Å². The smallest absolute Gasteiger partial charge is 0.209 e. The predicted molar refractivity (Wildman–Crippen MR) is 64.2 cm³/mol. The van der Waals surface area contributed by atoms with Crippen LogP contribution in [0.4, 0.5) is 5.69 Å². The highest BCUT2D eigenvalue weighted by molar-refractivity contribution is 5.51. The van der Waals surface area contributed by atoms with Crippen LogP contribution in [0.15, 0.2) is 24.3 Å². The fourth-order valence-corrected chi connectivity index (χ4v) is 1.93. The fraction of sp³-hybridized carbons (Fsp3) is 0.417. The summed E-state index contributed by atoms with van der Waals surface area (Å²) in [6.07, 6.45) is 0.925. The van der Waals surface area contributed by atoms with Gasteiger partial charge in [-0.25, -0.2) is 0 Å². The van der Waals surface area contributed by atoms with Crippen LogP contribution in [0.1, 0.15) is 5.56 Å². The molecule has 86 valence electrons. The van der Waals surface area contributed by atoms with Gasteiger partial charge in [0.1, 0.15) is 0 Å². The van der Waals surface area contributed by atoms with Crippen LogP contribution in [0.5, 0.6) is 0 Å². The highest BCUT2D eigenvalue weighted by Gasteiger charge is 2.15. The summed E-state index contributed by atoms with van der Waals surface area (Å²) in [6, 6.07) is 8.31. The SMILES string of the molecule is NCc1ccc(N2CCN(C=O)CC2)cc1. The number of hydrogen-bond donors (Lipinski definition) is 1. The molecule has 0 atom stereocenters. The van der Waals surface area contributed by atoms with E-state index in [2.05, 4.69) is 29.2 Å². The average molecular weight is 219 g/mol. The van der Waals surface area contributed by atoms with E-state index in [0.717, 1.165) is 38.2 Å². The molecule has 1 aliphatic rings. The number of amides is 1. The van der Waals surface area contributed by atoms with Gasteiger partial charge in [-0.3, -0.25) is 4.79 Å². The van der Waals surface area contributed by atoms with Gasteiger partial charge < -0.3 is 15.5 Å². The van der Waals surface area contributed by atoms with Crippen molar-refractivity contribution in [2.24, 2.45) is 5.73 Å². The molecule has 1 saturated heterocycles. The van der Waals surface area contributed by atoms with Crippen molar-refractivity contribution in [3.05, 3.63) is 29.8 Å². The molecule has 1 fully saturated rings. The Hall–Kier alpha value is -1.55. The lowest BCUT2D eigenvalue weighted by atomic mass is 10.2. The van der Waals surface area contributed by atoms with Crippen LogP contribution in [-0.4, -0.2) is 37.5 Å². The molecule has 1 heterocycles. The van der Waals surface area contributed by atoms with E-state index >= 15 is 0 Å². The van der Waals surface area contributed by atoms with Crippen LogP contribution in [-0.2, 0) is 11.3 Å². The van der Waals surface area contributed by atoms with Crippen LogP contribution in [0, 0.1) is 0 Å². The van der Waals surface area contributed by atoms with Gasteiger partial charge in [-0.15, -0.1) is 0 Å². The van der Waals surface area contributed by atoms with Crippen molar-refractivity contribution >= 4 is 12.1 Å². The zero-order valence-electron chi connectivity index (χ0n) is 9.30. The molecule has 1 amide bonds. The van der Waals surface area contributed by atoms with E-state index in [1.165, 1.54) is 5.69 Å². The second-order valence-corrected chi connectivity index (χ2v) is 4.00. The highest BCUT2D eigenvalue weighted by atomic mass is 16.1. The molecule has 2 rings (SSSR count). The Morgan fingerprint density at radius 3 is 2.25 bits per heavy atom. The summed E-state index contributed by atoms with van der Waals surface area (Å²) in [4.78, 5) is 14.7. The maximum Gasteiger partial charge on any atom is 0.209 e. The van der Waals surface area contributed by atoms with Crippen LogP contribution < -0.4 is 10.6 Å². The summed E-state index contributed by atoms with van der Waals surface area (Å²) < 4.78 is 0. The largest absolute Gasteiger partial charge is 0.368 e. The van der Waals surface area contributed by atoms with Crippen molar-refractivity contribution in [3.8, 4) is 0 Å². The second-order valence-electron chi connectivity index (χ2n) is 4.00. The zero-order valence-corrected chi connectivity index (χ0v) is 9.30. The van der Waals surface area contributed by atoms with Gasteiger partial charge in [0, 0.05) is 38.4 Å². The summed E-state index contributed by atoms with van der Waals surface area (Å²) in [5, 5.41) is 0. The number of nitrogens with two attached hydrogens (primary N) is 1. The normalized spacial score (nSPS) is 16.3. The number of benzene rings is 1. The topological polar surface area (TPSA) is 49.6 Å². The van der Waals surface area contributed by atoms with Crippen LogP contribution in [0.25, 0.3) is 0 Å². The monoisotopic (exact) mass is 219 g/mol.